The van der Waals surface area contributed by atoms with Crippen LogP contribution in [-0.2, 0) is 0 Å². The lowest BCUT2D eigenvalue weighted by molar-refractivity contribution is 0.114. The van der Waals surface area contributed by atoms with Gasteiger partial charge in [0, 0.05) is 17.7 Å². The Hall–Kier alpha value is -3.08. The number of rotatable bonds is 6. The van der Waals surface area contributed by atoms with Crippen molar-refractivity contribution in [3.8, 4) is 22.6 Å². The Bertz CT molecular complexity index is 1120. The van der Waals surface area contributed by atoms with E-state index in [1.807, 2.05) is 42.5 Å². The van der Waals surface area contributed by atoms with Gasteiger partial charge in [-0.3, -0.25) is 0 Å². The van der Waals surface area contributed by atoms with Crippen LogP contribution in [0.15, 0.2) is 72.8 Å². The summed E-state index contributed by atoms with van der Waals surface area (Å²) >= 11 is 0. The van der Waals surface area contributed by atoms with Gasteiger partial charge in [-0.05, 0) is 33.7 Å². The van der Waals surface area contributed by atoms with Gasteiger partial charge in [0.05, 0.1) is 7.11 Å². The Labute approximate surface area is 164 Å². The molecule has 3 N–H and O–H groups in total. The Balaban J connectivity index is 2.03. The summed E-state index contributed by atoms with van der Waals surface area (Å²) in [5, 5.41) is 14.3. The average Bonchev–Trinajstić information content (AvgIpc) is 2.76. The van der Waals surface area contributed by atoms with Crippen LogP contribution < -0.4 is 15.2 Å². The minimum Gasteiger partial charge on any atom is -0.496 e. The quantitative estimate of drug-likeness (QED) is 0.527. The van der Waals surface area contributed by atoms with Gasteiger partial charge in [-0.15, -0.1) is 0 Å². The van der Waals surface area contributed by atoms with E-state index in [0.717, 1.165) is 38.4 Å². The van der Waals surface area contributed by atoms with Gasteiger partial charge in [0.1, 0.15) is 24.2 Å². The van der Waals surface area contributed by atoms with E-state index in [1.54, 1.807) is 7.11 Å². The lowest BCUT2D eigenvalue weighted by Crippen LogP contribution is -2.26. The zero-order chi connectivity index (χ0) is 19.5. The summed E-state index contributed by atoms with van der Waals surface area (Å²) < 4.78 is 11.7. The van der Waals surface area contributed by atoms with Crippen LogP contribution in [0.2, 0.25) is 0 Å². The molecule has 0 aliphatic carbocycles. The van der Waals surface area contributed by atoms with Gasteiger partial charge < -0.3 is 20.3 Å². The van der Waals surface area contributed by atoms with E-state index in [0.29, 0.717) is 5.75 Å². The maximum Gasteiger partial charge on any atom is 0.128 e. The van der Waals surface area contributed by atoms with Gasteiger partial charge in [0.15, 0.2) is 0 Å². The van der Waals surface area contributed by atoms with Gasteiger partial charge >= 0.3 is 0 Å². The first-order valence-electron chi connectivity index (χ1n) is 9.31. The zero-order valence-corrected chi connectivity index (χ0v) is 15.8. The highest BCUT2D eigenvalue weighted by Gasteiger charge is 2.19. The fourth-order valence-electron chi connectivity index (χ4n) is 3.56. The fourth-order valence-corrected chi connectivity index (χ4v) is 3.56. The van der Waals surface area contributed by atoms with Gasteiger partial charge in [-0.2, -0.15) is 0 Å². The third kappa shape index (κ3) is 3.28. The molecule has 142 valence electrons. The smallest absolute Gasteiger partial charge is 0.128 e. The molecule has 0 unspecified atom stereocenters. The number of fused-ring (bicyclic) bond motifs is 2. The number of hydrogen-bond acceptors (Lipinski definition) is 4. The van der Waals surface area contributed by atoms with Crippen molar-refractivity contribution in [1.29, 1.82) is 0 Å². The van der Waals surface area contributed by atoms with Crippen molar-refractivity contribution in [1.82, 2.24) is 0 Å². The van der Waals surface area contributed by atoms with Crippen LogP contribution in [0, 0.1) is 0 Å². The second kappa shape index (κ2) is 7.89. The molecule has 0 aliphatic heterocycles. The van der Waals surface area contributed by atoms with Crippen molar-refractivity contribution >= 4 is 21.5 Å². The zero-order valence-electron chi connectivity index (χ0n) is 15.8. The largest absolute Gasteiger partial charge is 0.496 e. The molecule has 4 aromatic carbocycles. The molecule has 0 heterocycles. The summed E-state index contributed by atoms with van der Waals surface area (Å²) in [6.07, 6.45) is -0.714. The average molecular weight is 373 g/mol. The number of benzene rings is 4. The van der Waals surface area contributed by atoms with Crippen LogP contribution in [0.3, 0.4) is 0 Å². The molecule has 4 heteroatoms. The molecule has 0 saturated heterocycles. The van der Waals surface area contributed by atoms with Crippen molar-refractivity contribution in [2.75, 3.05) is 20.3 Å². The molecule has 0 spiro atoms. The minimum absolute atomic E-state index is 0.134. The topological polar surface area (TPSA) is 64.7 Å². The molecule has 4 nitrogen and oxygen atoms in total. The number of nitrogens with two attached hydrogens (primary N) is 1. The van der Waals surface area contributed by atoms with E-state index >= 15 is 0 Å². The normalized spacial score (nSPS) is 12.2. The summed E-state index contributed by atoms with van der Waals surface area (Å²) in [6.45, 7) is 0.287. The fraction of sp³-hybridized carbons (Fsp3) is 0.167. The van der Waals surface area contributed by atoms with Crippen LogP contribution in [0.4, 0.5) is 0 Å². The Morgan fingerprint density at radius 3 is 1.89 bits per heavy atom. The second-order valence-electron chi connectivity index (χ2n) is 6.72. The molecule has 28 heavy (non-hydrogen) atoms. The third-order valence-corrected chi connectivity index (χ3v) is 4.95. The Kier molecular flexibility index (Phi) is 5.15. The first-order chi connectivity index (χ1) is 13.7. The molecule has 0 saturated carbocycles. The monoisotopic (exact) mass is 373 g/mol. The molecule has 0 bridgehead atoms. The maximum atomic E-state index is 9.89. The Morgan fingerprint density at radius 1 is 0.786 bits per heavy atom. The number of methoxy groups -OCH3 is 1. The van der Waals surface area contributed by atoms with E-state index < -0.39 is 6.10 Å². The van der Waals surface area contributed by atoms with Gasteiger partial charge in [0.25, 0.3) is 0 Å². The maximum absolute atomic E-state index is 9.89. The summed E-state index contributed by atoms with van der Waals surface area (Å²) in [4.78, 5) is 0. The van der Waals surface area contributed by atoms with Gasteiger partial charge in [0.2, 0.25) is 0 Å². The van der Waals surface area contributed by atoms with E-state index in [-0.39, 0.29) is 13.2 Å². The molecule has 0 aliphatic rings. The van der Waals surface area contributed by atoms with Crippen molar-refractivity contribution in [3.05, 3.63) is 72.8 Å². The molecule has 4 rings (SSSR count). The summed E-state index contributed by atoms with van der Waals surface area (Å²) in [6, 6.07) is 24.4. The summed E-state index contributed by atoms with van der Waals surface area (Å²) in [7, 11) is 1.68. The number of aliphatic hydroxyl groups is 1. The van der Waals surface area contributed by atoms with Crippen molar-refractivity contribution < 1.29 is 14.6 Å². The van der Waals surface area contributed by atoms with Crippen LogP contribution in [-0.4, -0.2) is 31.5 Å². The van der Waals surface area contributed by atoms with Crippen LogP contribution in [0.25, 0.3) is 32.7 Å². The lowest BCUT2D eigenvalue weighted by Gasteiger charge is -2.19. The molecular formula is C24H23NO3. The highest BCUT2D eigenvalue weighted by atomic mass is 16.5. The predicted molar refractivity (Wildman–Crippen MR) is 114 cm³/mol. The van der Waals surface area contributed by atoms with Crippen molar-refractivity contribution in [2.45, 2.75) is 6.10 Å². The number of ether oxygens (including phenoxy) is 2. The summed E-state index contributed by atoms with van der Waals surface area (Å²) in [5.41, 5.74) is 7.48. The van der Waals surface area contributed by atoms with E-state index in [1.165, 1.54) is 0 Å². The lowest BCUT2D eigenvalue weighted by atomic mass is 9.92. The van der Waals surface area contributed by atoms with Crippen LogP contribution in [0.5, 0.6) is 11.5 Å². The molecule has 0 fully saturated rings. The van der Waals surface area contributed by atoms with Gasteiger partial charge in [-0.1, -0.05) is 60.7 Å². The summed E-state index contributed by atoms with van der Waals surface area (Å²) in [5.74, 6) is 1.47. The predicted octanol–water partition coefficient (Wildman–Crippen LogP) is 4.37. The first kappa shape index (κ1) is 18.3. The third-order valence-electron chi connectivity index (χ3n) is 4.95. The van der Waals surface area contributed by atoms with Crippen molar-refractivity contribution in [3.63, 3.8) is 0 Å². The standard InChI is InChI=1S/C24H23NO3/c1-27-21-12-10-16-6-2-4-8-19(16)23(21)24-20-9-5-3-7-17(20)11-13-22(24)28-15-18(26)14-25/h2-13,18,26H,14-15,25H2,1H3/t18-/m0/s1. The molecule has 1 atom stereocenters. The second-order valence-corrected chi connectivity index (χ2v) is 6.72. The number of aliphatic hydroxyl groups excluding tert-OH is 1. The first-order valence-corrected chi connectivity index (χ1v) is 9.31. The minimum atomic E-state index is -0.714. The van der Waals surface area contributed by atoms with Crippen molar-refractivity contribution in [2.24, 2.45) is 5.73 Å². The van der Waals surface area contributed by atoms with Gasteiger partial charge in [-0.25, -0.2) is 0 Å². The van der Waals surface area contributed by atoms with Crippen LogP contribution >= 0.6 is 0 Å². The molecule has 4 aromatic rings. The van der Waals surface area contributed by atoms with E-state index in [2.05, 4.69) is 30.3 Å². The number of hydrogen-bond donors (Lipinski definition) is 2. The Morgan fingerprint density at radius 2 is 1.32 bits per heavy atom. The molecular weight excluding hydrogens is 350 g/mol. The molecule has 0 amide bonds. The van der Waals surface area contributed by atoms with Crippen LogP contribution in [0.1, 0.15) is 0 Å². The van der Waals surface area contributed by atoms with E-state index in [9.17, 15) is 5.11 Å². The van der Waals surface area contributed by atoms with E-state index in [4.69, 9.17) is 15.2 Å². The highest BCUT2D eigenvalue weighted by molar-refractivity contribution is 6.09. The SMILES string of the molecule is COc1ccc2ccccc2c1-c1c(OC[C@@H](O)CN)ccc2ccccc12. The molecule has 0 radical (unpaired) electrons. The highest BCUT2D eigenvalue weighted by Crippen LogP contribution is 2.45. The molecule has 0 aromatic heterocycles.